The summed E-state index contributed by atoms with van der Waals surface area (Å²) in [6.07, 6.45) is -1.20. The standard InChI is InChI=1S/C19H17N3O5/c1-10-7-8-16(26-10)15-9-13(12-5-3-4-6-14(12)21-15)18(24)27-11(2)17(23)22-19(20)25/h3-9,11H,1-2H3,(H3,20,22,23,25). The van der Waals surface area contributed by atoms with E-state index >= 15 is 0 Å². The number of furan rings is 1. The van der Waals surface area contributed by atoms with Gasteiger partial charge >= 0.3 is 12.0 Å². The second kappa shape index (κ2) is 7.28. The molecule has 8 heteroatoms. The van der Waals surface area contributed by atoms with Crippen molar-refractivity contribution in [2.24, 2.45) is 5.73 Å². The van der Waals surface area contributed by atoms with Crippen LogP contribution in [-0.4, -0.2) is 29.0 Å². The van der Waals surface area contributed by atoms with Gasteiger partial charge in [0.25, 0.3) is 5.91 Å². The van der Waals surface area contributed by atoms with Gasteiger partial charge in [0.05, 0.1) is 11.1 Å². The van der Waals surface area contributed by atoms with Crippen LogP contribution in [0.1, 0.15) is 23.0 Å². The highest BCUT2D eigenvalue weighted by atomic mass is 16.5. The van der Waals surface area contributed by atoms with E-state index in [1.807, 2.05) is 5.32 Å². The van der Waals surface area contributed by atoms with Gasteiger partial charge in [-0.2, -0.15) is 0 Å². The summed E-state index contributed by atoms with van der Waals surface area (Å²) in [5, 5.41) is 2.44. The Bertz CT molecular complexity index is 1040. The maximum Gasteiger partial charge on any atom is 0.339 e. The molecule has 0 bridgehead atoms. The van der Waals surface area contributed by atoms with E-state index in [0.29, 0.717) is 28.1 Å². The number of esters is 1. The summed E-state index contributed by atoms with van der Waals surface area (Å²) in [7, 11) is 0. The summed E-state index contributed by atoms with van der Waals surface area (Å²) in [5.41, 5.74) is 6.16. The minimum absolute atomic E-state index is 0.225. The van der Waals surface area contributed by atoms with Crippen molar-refractivity contribution in [3.05, 3.63) is 53.8 Å². The molecule has 138 valence electrons. The molecule has 0 saturated carbocycles. The number of para-hydroxylation sites is 1. The Morgan fingerprint density at radius 2 is 1.93 bits per heavy atom. The molecule has 3 rings (SSSR count). The van der Waals surface area contributed by atoms with E-state index in [0.717, 1.165) is 0 Å². The van der Waals surface area contributed by atoms with Crippen LogP contribution >= 0.6 is 0 Å². The highest BCUT2D eigenvalue weighted by Gasteiger charge is 2.22. The van der Waals surface area contributed by atoms with Crippen molar-refractivity contribution < 1.29 is 23.5 Å². The zero-order chi connectivity index (χ0) is 19.6. The molecule has 3 amide bonds. The first kappa shape index (κ1) is 18.1. The minimum atomic E-state index is -1.20. The van der Waals surface area contributed by atoms with E-state index in [1.165, 1.54) is 6.92 Å². The number of ether oxygens (including phenoxy) is 1. The van der Waals surface area contributed by atoms with Crippen molar-refractivity contribution in [3.63, 3.8) is 0 Å². The summed E-state index contributed by atoms with van der Waals surface area (Å²) in [6, 6.07) is 11.1. The van der Waals surface area contributed by atoms with E-state index in [-0.39, 0.29) is 5.56 Å². The van der Waals surface area contributed by atoms with Crippen LogP contribution in [0.2, 0.25) is 0 Å². The fourth-order valence-corrected chi connectivity index (χ4v) is 2.54. The summed E-state index contributed by atoms with van der Waals surface area (Å²) in [6.45, 7) is 3.15. The number of aromatic nitrogens is 1. The molecule has 1 unspecified atom stereocenters. The lowest BCUT2D eigenvalue weighted by molar-refractivity contribution is -0.127. The number of fused-ring (bicyclic) bond motifs is 1. The molecule has 2 heterocycles. The van der Waals surface area contributed by atoms with Crippen LogP contribution in [0.3, 0.4) is 0 Å². The third-order valence-corrected chi connectivity index (χ3v) is 3.83. The SMILES string of the molecule is Cc1ccc(-c2cc(C(=O)OC(C)C(=O)NC(N)=O)c3ccccc3n2)o1. The molecule has 3 aromatic rings. The van der Waals surface area contributed by atoms with Gasteiger partial charge in [-0.1, -0.05) is 18.2 Å². The molecule has 2 aromatic heterocycles. The average Bonchev–Trinajstić information content (AvgIpc) is 3.06. The Labute approximate surface area is 154 Å². The maximum atomic E-state index is 12.7. The molecular formula is C19H17N3O5. The third-order valence-electron chi connectivity index (χ3n) is 3.83. The van der Waals surface area contributed by atoms with Gasteiger partial charge in [0.15, 0.2) is 11.9 Å². The molecule has 0 aliphatic rings. The predicted octanol–water partition coefficient (Wildman–Crippen LogP) is 2.54. The van der Waals surface area contributed by atoms with Gasteiger partial charge < -0.3 is 14.9 Å². The summed E-state index contributed by atoms with van der Waals surface area (Å²) in [5.74, 6) is -0.325. The Balaban J connectivity index is 1.98. The number of amides is 3. The van der Waals surface area contributed by atoms with Gasteiger partial charge in [0, 0.05) is 5.39 Å². The number of urea groups is 1. The first-order chi connectivity index (χ1) is 12.8. The Kier molecular flexibility index (Phi) is 4.89. The normalized spacial score (nSPS) is 11.8. The number of imide groups is 1. The highest BCUT2D eigenvalue weighted by molar-refractivity contribution is 6.05. The number of aryl methyl sites for hydroxylation is 1. The van der Waals surface area contributed by atoms with Crippen LogP contribution in [0.25, 0.3) is 22.4 Å². The van der Waals surface area contributed by atoms with E-state index in [4.69, 9.17) is 14.9 Å². The van der Waals surface area contributed by atoms with Gasteiger partial charge in [-0.25, -0.2) is 14.6 Å². The molecule has 0 saturated heterocycles. The molecular weight excluding hydrogens is 350 g/mol. The predicted molar refractivity (Wildman–Crippen MR) is 96.8 cm³/mol. The summed E-state index contributed by atoms with van der Waals surface area (Å²) in [4.78, 5) is 39.7. The maximum absolute atomic E-state index is 12.7. The molecule has 1 atom stereocenters. The highest BCUT2D eigenvalue weighted by Crippen LogP contribution is 2.27. The number of primary amides is 1. The largest absolute Gasteiger partial charge is 0.460 e. The number of nitrogens with zero attached hydrogens (tertiary/aromatic N) is 1. The first-order valence-corrected chi connectivity index (χ1v) is 8.13. The molecule has 0 spiro atoms. The number of nitrogens with two attached hydrogens (primary N) is 1. The second-order valence-corrected chi connectivity index (χ2v) is 5.88. The lowest BCUT2D eigenvalue weighted by Crippen LogP contribution is -2.42. The van der Waals surface area contributed by atoms with E-state index in [2.05, 4.69) is 4.98 Å². The molecule has 8 nitrogen and oxygen atoms in total. The number of benzene rings is 1. The molecule has 0 fully saturated rings. The van der Waals surface area contributed by atoms with Crippen molar-refractivity contribution >= 4 is 28.8 Å². The molecule has 3 N–H and O–H groups in total. The average molecular weight is 367 g/mol. The van der Waals surface area contributed by atoms with Crippen molar-refractivity contribution in [1.29, 1.82) is 0 Å². The van der Waals surface area contributed by atoms with Gasteiger partial charge in [0.1, 0.15) is 11.5 Å². The number of carbonyl (C=O) groups is 3. The van der Waals surface area contributed by atoms with Gasteiger partial charge in [-0.15, -0.1) is 0 Å². The Hall–Kier alpha value is -3.68. The second-order valence-electron chi connectivity index (χ2n) is 5.88. The van der Waals surface area contributed by atoms with Crippen molar-refractivity contribution in [1.82, 2.24) is 10.3 Å². The van der Waals surface area contributed by atoms with Gasteiger partial charge in [0.2, 0.25) is 0 Å². The number of hydrogen-bond donors (Lipinski definition) is 2. The van der Waals surface area contributed by atoms with Gasteiger partial charge in [-0.3, -0.25) is 10.1 Å². The molecule has 0 aliphatic heterocycles. The fourth-order valence-electron chi connectivity index (χ4n) is 2.54. The van der Waals surface area contributed by atoms with E-state index in [9.17, 15) is 14.4 Å². The van der Waals surface area contributed by atoms with Gasteiger partial charge in [-0.05, 0) is 38.1 Å². The van der Waals surface area contributed by atoms with E-state index < -0.39 is 24.0 Å². The van der Waals surface area contributed by atoms with Crippen LogP contribution in [0.4, 0.5) is 4.79 Å². The van der Waals surface area contributed by atoms with E-state index in [1.54, 1.807) is 49.4 Å². The quantitative estimate of drug-likeness (QED) is 0.683. The monoisotopic (exact) mass is 367 g/mol. The molecule has 0 aliphatic carbocycles. The minimum Gasteiger partial charge on any atom is -0.460 e. The molecule has 0 radical (unpaired) electrons. The van der Waals surface area contributed by atoms with Crippen molar-refractivity contribution in [2.75, 3.05) is 0 Å². The van der Waals surface area contributed by atoms with Crippen LogP contribution < -0.4 is 11.1 Å². The Morgan fingerprint density at radius 1 is 1.19 bits per heavy atom. The van der Waals surface area contributed by atoms with Crippen LogP contribution in [0.5, 0.6) is 0 Å². The van der Waals surface area contributed by atoms with Crippen LogP contribution in [-0.2, 0) is 9.53 Å². The molecule has 27 heavy (non-hydrogen) atoms. The lowest BCUT2D eigenvalue weighted by atomic mass is 10.1. The number of carbonyl (C=O) groups excluding carboxylic acids is 3. The van der Waals surface area contributed by atoms with Crippen LogP contribution in [0, 0.1) is 6.92 Å². The lowest BCUT2D eigenvalue weighted by Gasteiger charge is -2.13. The summed E-state index contributed by atoms with van der Waals surface area (Å²) >= 11 is 0. The smallest absolute Gasteiger partial charge is 0.339 e. The topological polar surface area (TPSA) is 125 Å². The zero-order valence-corrected chi connectivity index (χ0v) is 14.7. The summed E-state index contributed by atoms with van der Waals surface area (Å²) < 4.78 is 10.8. The zero-order valence-electron chi connectivity index (χ0n) is 14.7. The number of nitrogens with one attached hydrogen (secondary N) is 1. The number of pyridine rings is 1. The number of rotatable bonds is 4. The van der Waals surface area contributed by atoms with Crippen molar-refractivity contribution in [3.8, 4) is 11.5 Å². The Morgan fingerprint density at radius 3 is 2.59 bits per heavy atom. The molecule has 1 aromatic carbocycles. The first-order valence-electron chi connectivity index (χ1n) is 8.13. The van der Waals surface area contributed by atoms with Crippen LogP contribution in [0.15, 0.2) is 46.9 Å². The third kappa shape index (κ3) is 3.95. The number of hydrogen-bond acceptors (Lipinski definition) is 6. The fraction of sp³-hybridized carbons (Fsp3) is 0.158. The van der Waals surface area contributed by atoms with Crippen molar-refractivity contribution in [2.45, 2.75) is 20.0 Å².